The third-order valence-electron chi connectivity index (χ3n) is 9.42. The minimum Gasteiger partial charge on any atom is -0.376 e. The van der Waals surface area contributed by atoms with Crippen LogP contribution in [0.15, 0.2) is 6.20 Å². The normalized spacial score (nSPS) is 13.3. The van der Waals surface area contributed by atoms with E-state index in [1.165, 1.54) is 4.90 Å². The lowest BCUT2D eigenvalue weighted by Crippen LogP contribution is -2.51. The molecule has 12 nitrogen and oxygen atoms in total. The van der Waals surface area contributed by atoms with Gasteiger partial charge in [0.25, 0.3) is 0 Å². The van der Waals surface area contributed by atoms with Gasteiger partial charge in [0.05, 0.1) is 29.0 Å². The molecule has 0 unspecified atom stereocenters. The van der Waals surface area contributed by atoms with E-state index in [0.717, 1.165) is 29.4 Å². The molecule has 1 aromatic rings. The number of amides is 3. The second-order valence-corrected chi connectivity index (χ2v) is 19.7. The first kappa shape index (κ1) is 49.2. The summed E-state index contributed by atoms with van der Waals surface area (Å²) in [6.07, 6.45) is 6.64. The molecule has 308 valence electrons. The predicted molar refractivity (Wildman–Crippen MR) is 221 cm³/mol. The Hall–Kier alpha value is -1.84. The molecule has 0 aliphatic carbocycles. The fourth-order valence-corrected chi connectivity index (χ4v) is 5.52. The molecule has 0 fully saturated rings. The highest BCUT2D eigenvalue weighted by atomic mass is 127. The SMILES string of the molecule is CCC(C)(C)CCOC(C)(C)CCC(=O)N(CC(=O)NCCn1cc(CC(C)(C)OCCC(C)(C)CI)nn1)CC(=O)NC(C)(C)CCOC(C)(C)C. The average Bonchev–Trinajstić information content (AvgIpc) is 3.44. The maximum Gasteiger partial charge on any atom is 0.240 e. The van der Waals surface area contributed by atoms with E-state index >= 15 is 0 Å². The lowest BCUT2D eigenvalue weighted by Gasteiger charge is -2.31. The van der Waals surface area contributed by atoms with Crippen molar-refractivity contribution in [3.05, 3.63) is 11.9 Å². The number of nitrogens with one attached hydrogen (secondary N) is 2. The highest BCUT2D eigenvalue weighted by Gasteiger charge is 2.28. The Kier molecular flexibility index (Phi) is 19.9. The summed E-state index contributed by atoms with van der Waals surface area (Å²) in [5.41, 5.74) is -0.541. The summed E-state index contributed by atoms with van der Waals surface area (Å²) in [6.45, 7) is 30.9. The number of halogens is 1. The predicted octanol–water partition coefficient (Wildman–Crippen LogP) is 6.91. The van der Waals surface area contributed by atoms with E-state index in [1.54, 1.807) is 4.68 Å². The number of hydrogen-bond donors (Lipinski definition) is 2. The summed E-state index contributed by atoms with van der Waals surface area (Å²) in [4.78, 5) is 41.3. The topological polar surface area (TPSA) is 137 Å². The fraction of sp³-hybridized carbons (Fsp3) is 0.875. The molecule has 0 saturated carbocycles. The Morgan fingerprint density at radius 2 is 1.34 bits per heavy atom. The molecule has 0 aromatic carbocycles. The molecule has 1 aromatic heterocycles. The number of aromatic nitrogens is 3. The number of nitrogens with zero attached hydrogens (tertiary/aromatic N) is 4. The molecule has 0 spiro atoms. The lowest BCUT2D eigenvalue weighted by molar-refractivity contribution is -0.141. The number of carbonyl (C=O) groups excluding carboxylic acids is 3. The standard InChI is InChI=1S/C40H75IN6O6/c1-15-36(5,6)18-23-52-39(11,12)17-16-34(50)46(29-33(49)43-38(9,10)20-25-51-35(2,3)4)28-32(48)42-21-22-47-27-31(44-45-47)26-40(13,14)53-24-19-37(7,8)30-41/h27H,15-26,28-30H2,1-14H3,(H,42,48)(H,43,49). The van der Waals surface area contributed by atoms with Crippen molar-refractivity contribution in [1.82, 2.24) is 30.5 Å². The van der Waals surface area contributed by atoms with Gasteiger partial charge in [0.1, 0.15) is 13.1 Å². The van der Waals surface area contributed by atoms with Gasteiger partial charge in [0.2, 0.25) is 17.7 Å². The molecule has 1 rings (SSSR count). The van der Waals surface area contributed by atoms with E-state index in [1.807, 2.05) is 54.7 Å². The lowest BCUT2D eigenvalue weighted by atomic mass is 9.87. The van der Waals surface area contributed by atoms with Crippen molar-refractivity contribution in [3.63, 3.8) is 0 Å². The van der Waals surface area contributed by atoms with Gasteiger partial charge >= 0.3 is 0 Å². The third kappa shape index (κ3) is 23.0. The molecule has 0 radical (unpaired) electrons. The number of ether oxygens (including phenoxy) is 3. The summed E-state index contributed by atoms with van der Waals surface area (Å²) in [6, 6.07) is 0. The average molecular weight is 863 g/mol. The second-order valence-electron chi connectivity index (χ2n) is 18.9. The van der Waals surface area contributed by atoms with Gasteiger partial charge < -0.3 is 29.7 Å². The van der Waals surface area contributed by atoms with Crippen molar-refractivity contribution >= 4 is 40.3 Å². The summed E-state index contributed by atoms with van der Waals surface area (Å²) in [7, 11) is 0. The van der Waals surface area contributed by atoms with Gasteiger partial charge in [-0.25, -0.2) is 0 Å². The van der Waals surface area contributed by atoms with Gasteiger partial charge in [-0.2, -0.15) is 0 Å². The molecule has 0 atom stereocenters. The quantitative estimate of drug-likeness (QED) is 0.0758. The summed E-state index contributed by atoms with van der Waals surface area (Å²) >= 11 is 2.42. The van der Waals surface area contributed by atoms with Crippen molar-refractivity contribution in [3.8, 4) is 0 Å². The van der Waals surface area contributed by atoms with Crippen LogP contribution in [0.5, 0.6) is 0 Å². The monoisotopic (exact) mass is 862 g/mol. The van der Waals surface area contributed by atoms with Crippen molar-refractivity contribution < 1.29 is 28.6 Å². The molecule has 0 saturated heterocycles. The maximum absolute atomic E-state index is 13.6. The van der Waals surface area contributed by atoms with Crippen LogP contribution in [0.4, 0.5) is 0 Å². The minimum absolute atomic E-state index is 0.144. The van der Waals surface area contributed by atoms with Crippen LogP contribution in [0.3, 0.4) is 0 Å². The first-order valence-corrected chi connectivity index (χ1v) is 20.9. The zero-order chi connectivity index (χ0) is 40.7. The molecule has 0 aliphatic rings. The van der Waals surface area contributed by atoms with E-state index in [4.69, 9.17) is 14.2 Å². The van der Waals surface area contributed by atoms with Gasteiger partial charge in [0.15, 0.2) is 0 Å². The first-order chi connectivity index (χ1) is 24.2. The third-order valence-corrected chi connectivity index (χ3v) is 11.5. The van der Waals surface area contributed by atoms with Gasteiger partial charge in [-0.05, 0) is 98.8 Å². The van der Waals surface area contributed by atoms with Gasteiger partial charge in [-0.15, -0.1) is 5.10 Å². The molecule has 13 heteroatoms. The first-order valence-electron chi connectivity index (χ1n) is 19.4. The molecule has 53 heavy (non-hydrogen) atoms. The number of rotatable bonds is 26. The van der Waals surface area contributed by atoms with Crippen molar-refractivity contribution in [2.75, 3.05) is 43.9 Å². The molecular weight excluding hydrogens is 787 g/mol. The van der Waals surface area contributed by atoms with Gasteiger partial charge in [0, 0.05) is 55.4 Å². The van der Waals surface area contributed by atoms with Crippen LogP contribution in [0.1, 0.15) is 141 Å². The van der Waals surface area contributed by atoms with Crippen LogP contribution in [0, 0.1) is 10.8 Å². The smallest absolute Gasteiger partial charge is 0.240 e. The van der Waals surface area contributed by atoms with Gasteiger partial charge in [-0.3, -0.25) is 19.1 Å². The summed E-state index contributed by atoms with van der Waals surface area (Å²) in [5, 5.41) is 14.5. The molecule has 2 N–H and O–H groups in total. The number of alkyl halides is 1. The van der Waals surface area contributed by atoms with E-state index in [2.05, 4.69) is 92.0 Å². The van der Waals surface area contributed by atoms with E-state index in [9.17, 15) is 14.4 Å². The summed E-state index contributed by atoms with van der Waals surface area (Å²) < 4.78 is 21.0. The van der Waals surface area contributed by atoms with Crippen LogP contribution >= 0.6 is 22.6 Å². The number of hydrogen-bond acceptors (Lipinski definition) is 8. The minimum atomic E-state index is -0.564. The van der Waals surface area contributed by atoms with Crippen molar-refractivity contribution in [2.45, 2.75) is 171 Å². The Labute approximate surface area is 335 Å². The molecule has 1 heterocycles. The van der Waals surface area contributed by atoms with Crippen LogP contribution in [0.25, 0.3) is 0 Å². The van der Waals surface area contributed by atoms with E-state index in [0.29, 0.717) is 45.6 Å². The Bertz CT molecular complexity index is 1270. The van der Waals surface area contributed by atoms with E-state index in [-0.39, 0.29) is 65.8 Å². The van der Waals surface area contributed by atoms with Crippen molar-refractivity contribution in [1.29, 1.82) is 0 Å². The van der Waals surface area contributed by atoms with E-state index < -0.39 is 11.1 Å². The van der Waals surface area contributed by atoms with Crippen LogP contribution < -0.4 is 10.6 Å². The van der Waals surface area contributed by atoms with Crippen LogP contribution in [-0.4, -0.2) is 104 Å². The highest BCUT2D eigenvalue weighted by molar-refractivity contribution is 14.1. The Morgan fingerprint density at radius 1 is 0.774 bits per heavy atom. The zero-order valence-corrected chi connectivity index (χ0v) is 38.0. The van der Waals surface area contributed by atoms with Crippen LogP contribution in [-0.2, 0) is 41.6 Å². The van der Waals surface area contributed by atoms with Crippen molar-refractivity contribution in [2.24, 2.45) is 10.8 Å². The fourth-order valence-electron chi connectivity index (χ4n) is 5.14. The zero-order valence-electron chi connectivity index (χ0n) is 35.8. The molecule has 0 bridgehead atoms. The maximum atomic E-state index is 13.6. The Balaban J connectivity index is 2.83. The summed E-state index contributed by atoms with van der Waals surface area (Å²) in [5.74, 6) is -0.969. The largest absolute Gasteiger partial charge is 0.376 e. The molecule has 3 amide bonds. The Morgan fingerprint density at radius 3 is 1.92 bits per heavy atom. The van der Waals surface area contributed by atoms with Gasteiger partial charge in [-0.1, -0.05) is 68.8 Å². The molecular formula is C40H75IN6O6. The van der Waals surface area contributed by atoms with Crippen LogP contribution in [0.2, 0.25) is 0 Å². The second kappa shape index (κ2) is 21.5. The molecule has 0 aliphatic heterocycles. The highest BCUT2D eigenvalue weighted by Crippen LogP contribution is 2.27. The number of carbonyl (C=O) groups is 3.